The van der Waals surface area contributed by atoms with Gasteiger partial charge in [0.1, 0.15) is 11.5 Å². The zero-order valence-corrected chi connectivity index (χ0v) is 12.6. The maximum Gasteiger partial charge on any atom is 0.233 e. The van der Waals surface area contributed by atoms with Crippen LogP contribution in [0.4, 0.5) is 0 Å². The van der Waals surface area contributed by atoms with Gasteiger partial charge in [-0.25, -0.2) is 0 Å². The molecule has 2 aromatic rings. The first-order valence-corrected chi connectivity index (χ1v) is 7.32. The number of nitrogens with one attached hydrogen (secondary N) is 2. The molecule has 0 saturated carbocycles. The van der Waals surface area contributed by atoms with Gasteiger partial charge < -0.3 is 15.1 Å². The Morgan fingerprint density at radius 1 is 1.14 bits per heavy atom. The summed E-state index contributed by atoms with van der Waals surface area (Å²) in [6.07, 6.45) is 0.948. The van der Waals surface area contributed by atoms with Gasteiger partial charge in [0.05, 0.1) is 13.1 Å². The van der Waals surface area contributed by atoms with Gasteiger partial charge in [0.2, 0.25) is 5.91 Å². The minimum Gasteiger partial charge on any atom is -0.460 e. The third kappa shape index (κ3) is 4.76. The first-order chi connectivity index (χ1) is 10.2. The van der Waals surface area contributed by atoms with Crippen molar-refractivity contribution in [2.24, 2.45) is 0 Å². The standard InChI is InChI=1S/C17H22N2O2/c1-3-10-19-17(20)12-18-11-15-8-9-16(21-15)14-6-4-13(2)5-7-14/h4-9,18H,3,10-12H2,1-2H3,(H,19,20). The number of hydrogen-bond acceptors (Lipinski definition) is 3. The molecule has 1 heterocycles. The van der Waals surface area contributed by atoms with Crippen molar-refractivity contribution in [3.63, 3.8) is 0 Å². The van der Waals surface area contributed by atoms with Gasteiger partial charge in [-0.15, -0.1) is 0 Å². The van der Waals surface area contributed by atoms with E-state index in [-0.39, 0.29) is 5.91 Å². The van der Waals surface area contributed by atoms with Crippen molar-refractivity contribution in [3.8, 4) is 11.3 Å². The van der Waals surface area contributed by atoms with Crippen LogP contribution in [0, 0.1) is 6.92 Å². The molecule has 4 heteroatoms. The van der Waals surface area contributed by atoms with Crippen LogP contribution in [-0.2, 0) is 11.3 Å². The summed E-state index contributed by atoms with van der Waals surface area (Å²) in [5, 5.41) is 5.90. The number of hydrogen-bond donors (Lipinski definition) is 2. The molecule has 0 aliphatic heterocycles. The molecule has 112 valence electrons. The molecule has 0 saturated heterocycles. The van der Waals surface area contributed by atoms with Crippen LogP contribution in [0.3, 0.4) is 0 Å². The fraction of sp³-hybridized carbons (Fsp3) is 0.353. The van der Waals surface area contributed by atoms with Crippen molar-refractivity contribution < 1.29 is 9.21 Å². The summed E-state index contributed by atoms with van der Waals surface area (Å²) in [7, 11) is 0. The van der Waals surface area contributed by atoms with Crippen molar-refractivity contribution in [2.75, 3.05) is 13.1 Å². The topological polar surface area (TPSA) is 54.3 Å². The molecule has 0 fully saturated rings. The van der Waals surface area contributed by atoms with Gasteiger partial charge in [0.25, 0.3) is 0 Å². The Morgan fingerprint density at radius 3 is 2.62 bits per heavy atom. The molecule has 2 rings (SSSR count). The van der Waals surface area contributed by atoms with Crippen molar-refractivity contribution in [1.82, 2.24) is 10.6 Å². The van der Waals surface area contributed by atoms with Crippen LogP contribution in [0.2, 0.25) is 0 Å². The molecule has 1 amide bonds. The summed E-state index contributed by atoms with van der Waals surface area (Å²) in [6, 6.07) is 12.1. The third-order valence-corrected chi connectivity index (χ3v) is 3.15. The molecule has 0 aliphatic carbocycles. The van der Waals surface area contributed by atoms with Crippen molar-refractivity contribution in [1.29, 1.82) is 0 Å². The molecule has 0 atom stereocenters. The Morgan fingerprint density at radius 2 is 1.90 bits per heavy atom. The lowest BCUT2D eigenvalue weighted by Crippen LogP contribution is -2.33. The molecule has 0 unspecified atom stereocenters. The maximum atomic E-state index is 11.4. The van der Waals surface area contributed by atoms with Crippen molar-refractivity contribution >= 4 is 5.91 Å². The first-order valence-electron chi connectivity index (χ1n) is 7.32. The first kappa shape index (κ1) is 15.3. The van der Waals surface area contributed by atoms with Crippen LogP contribution < -0.4 is 10.6 Å². The molecule has 1 aromatic heterocycles. The van der Waals surface area contributed by atoms with Gasteiger partial charge in [-0.2, -0.15) is 0 Å². The predicted octanol–water partition coefficient (Wildman–Crippen LogP) is 2.87. The summed E-state index contributed by atoms with van der Waals surface area (Å²) in [5.74, 6) is 1.69. The Balaban J connectivity index is 1.83. The lowest BCUT2D eigenvalue weighted by molar-refractivity contribution is -0.120. The molecule has 1 aromatic carbocycles. The van der Waals surface area contributed by atoms with Crippen LogP contribution in [0.5, 0.6) is 0 Å². The minimum absolute atomic E-state index is 0.0159. The molecular weight excluding hydrogens is 264 g/mol. The number of amides is 1. The Bertz CT molecular complexity index is 573. The number of carbonyl (C=O) groups is 1. The van der Waals surface area contributed by atoms with Gasteiger partial charge >= 0.3 is 0 Å². The maximum absolute atomic E-state index is 11.4. The van der Waals surface area contributed by atoms with Crippen LogP contribution >= 0.6 is 0 Å². The van der Waals surface area contributed by atoms with E-state index >= 15 is 0 Å². The van der Waals surface area contributed by atoms with E-state index in [1.54, 1.807) is 0 Å². The lowest BCUT2D eigenvalue weighted by atomic mass is 10.1. The largest absolute Gasteiger partial charge is 0.460 e. The van der Waals surface area contributed by atoms with Gasteiger partial charge in [0, 0.05) is 12.1 Å². The summed E-state index contributed by atoms with van der Waals surface area (Å²) >= 11 is 0. The van der Waals surface area contributed by atoms with Crippen molar-refractivity contribution in [3.05, 3.63) is 47.7 Å². The van der Waals surface area contributed by atoms with Crippen molar-refractivity contribution in [2.45, 2.75) is 26.8 Å². The second-order valence-corrected chi connectivity index (χ2v) is 5.09. The number of rotatable bonds is 7. The highest BCUT2D eigenvalue weighted by molar-refractivity contribution is 5.77. The molecule has 2 N–H and O–H groups in total. The highest BCUT2D eigenvalue weighted by Crippen LogP contribution is 2.22. The van der Waals surface area contributed by atoms with Crippen LogP contribution in [0.15, 0.2) is 40.8 Å². The van der Waals surface area contributed by atoms with Gasteiger partial charge in [-0.3, -0.25) is 4.79 Å². The minimum atomic E-state index is 0.0159. The van der Waals surface area contributed by atoms with E-state index in [1.807, 2.05) is 31.2 Å². The smallest absolute Gasteiger partial charge is 0.233 e. The van der Waals surface area contributed by atoms with E-state index in [9.17, 15) is 4.79 Å². The SMILES string of the molecule is CCCNC(=O)CNCc1ccc(-c2ccc(C)cc2)o1. The number of aryl methyl sites for hydroxylation is 1. The zero-order chi connectivity index (χ0) is 15.1. The van der Waals surface area contributed by atoms with Gasteiger partial charge in [-0.05, 0) is 25.5 Å². The molecule has 0 spiro atoms. The number of carbonyl (C=O) groups excluding carboxylic acids is 1. The van der Waals surface area contributed by atoms with Gasteiger partial charge in [0.15, 0.2) is 0 Å². The molecule has 0 radical (unpaired) electrons. The quantitative estimate of drug-likeness (QED) is 0.823. The summed E-state index contributed by atoms with van der Waals surface area (Å²) in [6.45, 7) is 5.67. The second kappa shape index (κ2) is 7.64. The third-order valence-electron chi connectivity index (χ3n) is 3.15. The Labute approximate surface area is 125 Å². The average Bonchev–Trinajstić information content (AvgIpc) is 2.95. The molecule has 21 heavy (non-hydrogen) atoms. The monoisotopic (exact) mass is 286 g/mol. The molecular formula is C17H22N2O2. The Kier molecular flexibility index (Phi) is 5.58. The average molecular weight is 286 g/mol. The predicted molar refractivity (Wildman–Crippen MR) is 83.9 cm³/mol. The summed E-state index contributed by atoms with van der Waals surface area (Å²) < 4.78 is 5.78. The lowest BCUT2D eigenvalue weighted by Gasteiger charge is -2.04. The second-order valence-electron chi connectivity index (χ2n) is 5.09. The summed E-state index contributed by atoms with van der Waals surface area (Å²) in [5.41, 5.74) is 2.29. The fourth-order valence-corrected chi connectivity index (χ4v) is 1.97. The normalized spacial score (nSPS) is 10.6. The van der Waals surface area contributed by atoms with E-state index in [2.05, 4.69) is 29.7 Å². The van der Waals surface area contributed by atoms with E-state index in [0.29, 0.717) is 13.1 Å². The molecule has 4 nitrogen and oxygen atoms in total. The van der Waals surface area contributed by atoms with Gasteiger partial charge in [-0.1, -0.05) is 36.8 Å². The highest BCUT2D eigenvalue weighted by atomic mass is 16.3. The molecule has 0 bridgehead atoms. The van der Waals surface area contributed by atoms with E-state index in [1.165, 1.54) is 5.56 Å². The van der Waals surface area contributed by atoms with Crippen LogP contribution in [0.25, 0.3) is 11.3 Å². The van der Waals surface area contributed by atoms with Crippen LogP contribution in [0.1, 0.15) is 24.7 Å². The molecule has 0 aliphatic rings. The number of benzene rings is 1. The van der Waals surface area contributed by atoms with E-state index in [4.69, 9.17) is 4.42 Å². The fourth-order valence-electron chi connectivity index (χ4n) is 1.97. The Hall–Kier alpha value is -2.07. The highest BCUT2D eigenvalue weighted by Gasteiger charge is 2.05. The van der Waals surface area contributed by atoms with E-state index < -0.39 is 0 Å². The van der Waals surface area contributed by atoms with Crippen LogP contribution in [-0.4, -0.2) is 19.0 Å². The summed E-state index contributed by atoms with van der Waals surface area (Å²) in [4.78, 5) is 11.4. The zero-order valence-electron chi connectivity index (χ0n) is 12.6. The number of furan rings is 1. The van der Waals surface area contributed by atoms with E-state index in [0.717, 1.165) is 30.0 Å².